The van der Waals surface area contributed by atoms with E-state index in [9.17, 15) is 32.5 Å². The molecule has 6 N–H and O–H groups in total. The number of amides is 4. The lowest BCUT2D eigenvalue weighted by molar-refractivity contribution is -0.145. The standard InChI is InChI=1S/C30H40F2N5O7PS/c1-16(2)22(8-5-17(3)33)34-27(39)24-9-7-21-11-12-36(18(4)38)15-23(29(41)37(21)24)35-28(40)26-14-19-13-20(6-10-25(19)46-26)30(31,32)45(42,43)44/h6,10,13-14,16,21-24H,3,5,7-9,11-12,15,33H2,1-2,4H3,(H,34,39)(H,35,40)(H2,42,43,44)/t21-,22+,23+,24+/m1/s1. The van der Waals surface area contributed by atoms with E-state index in [1.807, 2.05) is 13.8 Å². The first-order valence-electron chi connectivity index (χ1n) is 15.0. The Balaban J connectivity index is 1.58. The third-order valence-corrected chi connectivity index (χ3v) is 10.7. The number of allylic oxidation sites excluding steroid dienone is 1. The van der Waals surface area contributed by atoms with Gasteiger partial charge in [-0.1, -0.05) is 26.5 Å². The van der Waals surface area contributed by atoms with Gasteiger partial charge in [-0.25, -0.2) is 0 Å². The van der Waals surface area contributed by atoms with Crippen LogP contribution in [0.2, 0.25) is 0 Å². The first-order chi connectivity index (χ1) is 21.4. The minimum atomic E-state index is -5.80. The van der Waals surface area contributed by atoms with E-state index >= 15 is 0 Å². The van der Waals surface area contributed by atoms with Crippen molar-refractivity contribution in [1.29, 1.82) is 0 Å². The van der Waals surface area contributed by atoms with E-state index in [-0.39, 0.29) is 46.6 Å². The SMILES string of the molecule is C=C(N)CC[C@H](NC(=O)[C@@H]1CC[C@@H]2CCN(C(C)=O)C[C@H](NC(=O)c3cc4cc(C(F)(F)P(=O)(O)O)ccc4s3)C(=O)N21)C(C)C. The normalized spacial score (nSPS) is 21.5. The molecule has 2 aliphatic heterocycles. The van der Waals surface area contributed by atoms with Crippen LogP contribution < -0.4 is 16.4 Å². The van der Waals surface area contributed by atoms with Crippen LogP contribution in [0.4, 0.5) is 8.78 Å². The number of benzene rings is 1. The summed E-state index contributed by atoms with van der Waals surface area (Å²) < 4.78 is 40.4. The molecule has 1 aromatic carbocycles. The van der Waals surface area contributed by atoms with Crippen LogP contribution in [0.3, 0.4) is 0 Å². The van der Waals surface area contributed by atoms with Crippen molar-refractivity contribution < 1.29 is 42.3 Å². The average molecular weight is 684 g/mol. The minimum absolute atomic E-state index is 0.0596. The Bertz CT molecular complexity index is 1580. The largest absolute Gasteiger partial charge is 0.403 e. The van der Waals surface area contributed by atoms with Crippen molar-refractivity contribution in [3.05, 3.63) is 47.0 Å². The summed E-state index contributed by atoms with van der Waals surface area (Å²) in [6.07, 6.45) is 2.53. The van der Waals surface area contributed by atoms with Gasteiger partial charge in [0.1, 0.15) is 12.1 Å². The Hall–Kier alpha value is -3.39. The molecule has 4 atom stereocenters. The first kappa shape index (κ1) is 35.5. The van der Waals surface area contributed by atoms with E-state index in [2.05, 4.69) is 17.2 Å². The summed E-state index contributed by atoms with van der Waals surface area (Å²) >= 11 is 0.944. The molecule has 0 bridgehead atoms. The molecule has 3 heterocycles. The van der Waals surface area contributed by atoms with Crippen molar-refractivity contribution >= 4 is 52.6 Å². The summed E-state index contributed by atoms with van der Waals surface area (Å²) in [6.45, 7) is 9.23. The van der Waals surface area contributed by atoms with Crippen LogP contribution in [0.5, 0.6) is 0 Å². The van der Waals surface area contributed by atoms with Crippen molar-refractivity contribution in [2.75, 3.05) is 13.1 Å². The molecular formula is C30H40F2N5O7PS. The van der Waals surface area contributed by atoms with Gasteiger partial charge < -0.3 is 36.0 Å². The minimum Gasteiger partial charge on any atom is -0.403 e. The average Bonchev–Trinajstić information content (AvgIpc) is 3.58. The molecule has 0 radical (unpaired) electrons. The molecule has 16 heteroatoms. The maximum Gasteiger partial charge on any atom is 0.399 e. The number of carbonyl (C=O) groups is 4. The van der Waals surface area contributed by atoms with Crippen LogP contribution in [0, 0.1) is 5.92 Å². The molecule has 2 fully saturated rings. The number of carbonyl (C=O) groups excluding carboxylic acids is 4. The number of rotatable bonds is 10. The van der Waals surface area contributed by atoms with Gasteiger partial charge in [0.15, 0.2) is 0 Å². The smallest absolute Gasteiger partial charge is 0.399 e. The molecule has 0 aliphatic carbocycles. The van der Waals surface area contributed by atoms with E-state index in [1.165, 1.54) is 28.9 Å². The molecule has 46 heavy (non-hydrogen) atoms. The molecule has 4 amide bonds. The number of halogens is 2. The van der Waals surface area contributed by atoms with E-state index in [0.717, 1.165) is 23.5 Å². The highest BCUT2D eigenvalue weighted by Crippen LogP contribution is 2.59. The lowest BCUT2D eigenvalue weighted by Crippen LogP contribution is -2.61. The zero-order chi connectivity index (χ0) is 34.1. The zero-order valence-corrected chi connectivity index (χ0v) is 27.6. The number of hydrogen-bond acceptors (Lipinski definition) is 7. The first-order valence-corrected chi connectivity index (χ1v) is 17.4. The van der Waals surface area contributed by atoms with Crippen molar-refractivity contribution in [3.63, 3.8) is 0 Å². The quantitative estimate of drug-likeness (QED) is 0.237. The highest BCUT2D eigenvalue weighted by atomic mass is 32.1. The molecule has 252 valence electrons. The Morgan fingerprint density at radius 2 is 1.89 bits per heavy atom. The van der Waals surface area contributed by atoms with Gasteiger partial charge in [0, 0.05) is 48.1 Å². The molecule has 12 nitrogen and oxygen atoms in total. The second kappa shape index (κ2) is 13.8. The second-order valence-corrected chi connectivity index (χ2v) is 15.0. The van der Waals surface area contributed by atoms with Crippen LogP contribution in [0.25, 0.3) is 10.1 Å². The Labute approximate surface area is 269 Å². The van der Waals surface area contributed by atoms with Crippen molar-refractivity contribution in [1.82, 2.24) is 20.4 Å². The van der Waals surface area contributed by atoms with Gasteiger partial charge in [0.25, 0.3) is 5.91 Å². The number of hydrogen-bond donors (Lipinski definition) is 5. The van der Waals surface area contributed by atoms with Crippen LogP contribution in [-0.2, 0) is 24.6 Å². The van der Waals surface area contributed by atoms with Gasteiger partial charge in [-0.2, -0.15) is 8.78 Å². The third-order valence-electron chi connectivity index (χ3n) is 8.61. The fraction of sp³-hybridized carbons (Fsp3) is 0.533. The number of nitrogens with two attached hydrogens (primary N) is 1. The van der Waals surface area contributed by atoms with E-state index in [0.29, 0.717) is 49.0 Å². The highest BCUT2D eigenvalue weighted by molar-refractivity contribution is 7.52. The molecule has 1 aromatic heterocycles. The molecule has 4 rings (SSSR count). The van der Waals surface area contributed by atoms with Crippen LogP contribution in [-0.4, -0.2) is 80.5 Å². The maximum atomic E-state index is 14.3. The summed E-state index contributed by atoms with van der Waals surface area (Å²) in [6, 6.07) is 1.82. The van der Waals surface area contributed by atoms with Crippen LogP contribution >= 0.6 is 18.9 Å². The molecule has 0 saturated carbocycles. The number of nitrogens with one attached hydrogen (secondary N) is 2. The fourth-order valence-corrected chi connectivity index (χ4v) is 7.38. The van der Waals surface area contributed by atoms with Crippen LogP contribution in [0.15, 0.2) is 36.5 Å². The summed E-state index contributed by atoms with van der Waals surface area (Å²) in [5.74, 6) is -1.71. The van der Waals surface area contributed by atoms with E-state index < -0.39 is 42.7 Å². The van der Waals surface area contributed by atoms with Gasteiger partial charge >= 0.3 is 13.3 Å². The highest BCUT2D eigenvalue weighted by Gasteiger charge is 2.50. The molecule has 2 saturated heterocycles. The van der Waals surface area contributed by atoms with Gasteiger partial charge in [0.2, 0.25) is 17.7 Å². The Morgan fingerprint density at radius 3 is 2.50 bits per heavy atom. The van der Waals surface area contributed by atoms with Gasteiger partial charge in [0.05, 0.1) is 4.88 Å². The molecular weight excluding hydrogens is 643 g/mol. The van der Waals surface area contributed by atoms with Crippen molar-refractivity contribution in [2.24, 2.45) is 11.7 Å². The summed E-state index contributed by atoms with van der Waals surface area (Å²) in [4.78, 5) is 74.8. The predicted molar refractivity (Wildman–Crippen MR) is 169 cm³/mol. The summed E-state index contributed by atoms with van der Waals surface area (Å²) in [7, 11) is -5.80. The monoisotopic (exact) mass is 683 g/mol. The molecule has 2 aromatic rings. The second-order valence-electron chi connectivity index (χ2n) is 12.3. The topological polar surface area (TPSA) is 182 Å². The third kappa shape index (κ3) is 7.59. The lowest BCUT2D eigenvalue weighted by Gasteiger charge is -2.38. The van der Waals surface area contributed by atoms with E-state index in [1.54, 1.807) is 0 Å². The zero-order valence-electron chi connectivity index (χ0n) is 25.9. The maximum absolute atomic E-state index is 14.3. The number of alkyl halides is 2. The van der Waals surface area contributed by atoms with Crippen molar-refractivity contribution in [2.45, 2.75) is 82.7 Å². The van der Waals surface area contributed by atoms with Crippen LogP contribution in [0.1, 0.15) is 68.1 Å². The number of thiophene rings is 1. The van der Waals surface area contributed by atoms with Gasteiger partial charge in [-0.05, 0) is 61.6 Å². The summed E-state index contributed by atoms with van der Waals surface area (Å²) in [5.41, 5.74) is 0.927. The molecule has 2 aliphatic rings. The van der Waals surface area contributed by atoms with Gasteiger partial charge in [-0.3, -0.25) is 23.7 Å². The van der Waals surface area contributed by atoms with Crippen molar-refractivity contribution in [3.8, 4) is 0 Å². The Morgan fingerprint density at radius 1 is 1.20 bits per heavy atom. The number of fused-ring (bicyclic) bond motifs is 2. The number of nitrogens with zero attached hydrogens (tertiary/aromatic N) is 2. The Kier molecular flexibility index (Phi) is 10.6. The lowest BCUT2D eigenvalue weighted by atomic mass is 9.98. The predicted octanol–water partition coefficient (Wildman–Crippen LogP) is 3.23. The molecule has 0 unspecified atom stereocenters. The fourth-order valence-electron chi connectivity index (χ4n) is 5.96. The van der Waals surface area contributed by atoms with Gasteiger partial charge in [-0.15, -0.1) is 11.3 Å². The summed E-state index contributed by atoms with van der Waals surface area (Å²) in [5, 5.41) is 5.92. The van der Waals surface area contributed by atoms with E-state index in [4.69, 9.17) is 15.5 Å². The molecule has 0 spiro atoms.